The van der Waals surface area contributed by atoms with Crippen molar-refractivity contribution >= 4 is 34.8 Å². The predicted molar refractivity (Wildman–Crippen MR) is 68.8 cm³/mol. The van der Waals surface area contributed by atoms with E-state index in [-0.39, 0.29) is 28.7 Å². The number of amides is 1. The Hall–Kier alpha value is -1.01. The monoisotopic (exact) mass is 290 g/mol. The highest BCUT2D eigenvalue weighted by atomic mass is 35.5. The number of hydrogen-bond acceptors (Lipinski definition) is 4. The molecular weight excluding hydrogens is 279 g/mol. The number of rotatable bonds is 1. The third kappa shape index (κ3) is 2.40. The van der Waals surface area contributed by atoms with Crippen LogP contribution in [0.15, 0.2) is 12.1 Å². The second-order valence-corrected chi connectivity index (χ2v) is 4.99. The lowest BCUT2D eigenvalue weighted by Gasteiger charge is -2.17. The highest BCUT2D eigenvalue weighted by Crippen LogP contribution is 2.30. The summed E-state index contributed by atoms with van der Waals surface area (Å²) in [6, 6.07) is 2.88. The van der Waals surface area contributed by atoms with Crippen molar-refractivity contribution in [3.8, 4) is 0 Å². The van der Waals surface area contributed by atoms with Crippen LogP contribution in [-0.4, -0.2) is 46.3 Å². The summed E-state index contributed by atoms with van der Waals surface area (Å²) < 4.78 is 0. The minimum absolute atomic E-state index is 0.0583. The van der Waals surface area contributed by atoms with E-state index in [1.54, 1.807) is 0 Å². The molecule has 7 heteroatoms. The van der Waals surface area contributed by atoms with E-state index in [1.807, 2.05) is 0 Å². The van der Waals surface area contributed by atoms with Gasteiger partial charge in [0.2, 0.25) is 0 Å². The number of benzene rings is 1. The number of nitrogens with two attached hydrogens (primary N) is 1. The van der Waals surface area contributed by atoms with Gasteiger partial charge in [-0.15, -0.1) is 0 Å². The van der Waals surface area contributed by atoms with E-state index in [0.717, 1.165) is 0 Å². The number of hydrogen-bond donors (Lipinski definition) is 3. The van der Waals surface area contributed by atoms with E-state index in [9.17, 15) is 15.0 Å². The number of aliphatic hydroxyl groups excluding tert-OH is 2. The maximum atomic E-state index is 12.2. The lowest BCUT2D eigenvalue weighted by atomic mass is 10.1. The van der Waals surface area contributed by atoms with Crippen molar-refractivity contribution in [2.24, 2.45) is 0 Å². The number of carbonyl (C=O) groups excluding carboxylic acids is 1. The lowest BCUT2D eigenvalue weighted by molar-refractivity contribution is 0.0572. The smallest absolute Gasteiger partial charge is 0.255 e. The molecule has 1 heterocycles. The maximum Gasteiger partial charge on any atom is 0.255 e. The first kappa shape index (κ1) is 13.4. The van der Waals surface area contributed by atoms with Crippen LogP contribution in [0.5, 0.6) is 0 Å². The number of likely N-dealkylation sites (tertiary alicyclic amines) is 1. The molecule has 0 spiro atoms. The Morgan fingerprint density at radius 3 is 2.39 bits per heavy atom. The fourth-order valence-electron chi connectivity index (χ4n) is 1.87. The summed E-state index contributed by atoms with van der Waals surface area (Å²) in [4.78, 5) is 13.5. The van der Waals surface area contributed by atoms with Crippen LogP contribution < -0.4 is 5.73 Å². The number of nitrogens with zero attached hydrogens (tertiary/aromatic N) is 1. The Balaban J connectivity index is 2.30. The third-order valence-corrected chi connectivity index (χ3v) is 3.63. The van der Waals surface area contributed by atoms with Crippen molar-refractivity contribution in [1.82, 2.24) is 4.90 Å². The van der Waals surface area contributed by atoms with Crippen LogP contribution >= 0.6 is 23.2 Å². The molecule has 4 N–H and O–H groups in total. The number of halogens is 2. The molecule has 5 nitrogen and oxygen atoms in total. The van der Waals surface area contributed by atoms with Gasteiger partial charge in [-0.3, -0.25) is 4.79 Å². The van der Waals surface area contributed by atoms with Gasteiger partial charge in [-0.2, -0.15) is 0 Å². The van der Waals surface area contributed by atoms with Gasteiger partial charge in [-0.1, -0.05) is 23.2 Å². The largest absolute Gasteiger partial charge is 0.399 e. The topological polar surface area (TPSA) is 86.8 Å². The molecule has 0 bridgehead atoms. The molecule has 1 aliphatic rings. The van der Waals surface area contributed by atoms with Gasteiger partial charge in [-0.05, 0) is 12.1 Å². The number of aliphatic hydroxyl groups is 2. The molecule has 2 rings (SSSR count). The Labute approximate surface area is 114 Å². The molecule has 2 atom stereocenters. The van der Waals surface area contributed by atoms with Crippen molar-refractivity contribution in [3.63, 3.8) is 0 Å². The van der Waals surface area contributed by atoms with Crippen LogP contribution in [0.25, 0.3) is 0 Å². The Kier molecular flexibility index (Phi) is 3.68. The van der Waals surface area contributed by atoms with Crippen LogP contribution in [0.1, 0.15) is 10.4 Å². The molecule has 1 saturated heterocycles. The average molecular weight is 291 g/mol. The zero-order valence-electron chi connectivity index (χ0n) is 9.31. The standard InChI is InChI=1S/C11H12Cl2N2O3/c12-7-2-5(14)1-6(10(7)13)11(18)15-3-8(16)9(17)4-15/h1-2,8-9,16-17H,3-4,14H2/t8-,9+. The molecule has 0 unspecified atom stereocenters. The van der Waals surface area contributed by atoms with Crippen LogP contribution in [0, 0.1) is 0 Å². The summed E-state index contributed by atoms with van der Waals surface area (Å²) in [6.07, 6.45) is -1.88. The molecular formula is C11H12Cl2N2O3. The van der Waals surface area contributed by atoms with Crippen molar-refractivity contribution in [3.05, 3.63) is 27.7 Å². The minimum atomic E-state index is -0.941. The number of nitrogen functional groups attached to an aromatic ring is 1. The predicted octanol–water partition coefficient (Wildman–Crippen LogP) is 0.753. The van der Waals surface area contributed by atoms with E-state index in [0.29, 0.717) is 5.69 Å². The summed E-state index contributed by atoms with van der Waals surface area (Å²) >= 11 is 11.8. The Bertz CT molecular complexity index is 485. The number of anilines is 1. The maximum absolute atomic E-state index is 12.2. The third-order valence-electron chi connectivity index (χ3n) is 2.83. The average Bonchev–Trinajstić information content (AvgIpc) is 2.63. The summed E-state index contributed by atoms with van der Waals surface area (Å²) in [5, 5.41) is 19.1. The van der Waals surface area contributed by atoms with Crippen molar-refractivity contribution in [2.45, 2.75) is 12.2 Å². The molecule has 1 fully saturated rings. The molecule has 98 valence electrons. The van der Waals surface area contributed by atoms with Crippen LogP contribution in [0.4, 0.5) is 5.69 Å². The second kappa shape index (κ2) is 4.93. The summed E-state index contributed by atoms with van der Waals surface area (Å²) in [7, 11) is 0. The highest BCUT2D eigenvalue weighted by Gasteiger charge is 2.33. The van der Waals surface area contributed by atoms with Gasteiger partial charge in [0, 0.05) is 18.8 Å². The Morgan fingerprint density at radius 1 is 1.28 bits per heavy atom. The fraction of sp³-hybridized carbons (Fsp3) is 0.364. The van der Waals surface area contributed by atoms with E-state index >= 15 is 0 Å². The van der Waals surface area contributed by atoms with Gasteiger partial charge in [0.1, 0.15) is 0 Å². The van der Waals surface area contributed by atoms with Crippen LogP contribution in [0.2, 0.25) is 10.0 Å². The van der Waals surface area contributed by atoms with Crippen molar-refractivity contribution < 1.29 is 15.0 Å². The summed E-state index contributed by atoms with van der Waals surface area (Å²) in [5.41, 5.74) is 6.10. The van der Waals surface area contributed by atoms with Gasteiger partial charge in [0.25, 0.3) is 5.91 Å². The molecule has 1 aliphatic heterocycles. The molecule has 1 aromatic carbocycles. The first-order valence-corrected chi connectivity index (χ1v) is 6.05. The molecule has 1 amide bonds. The molecule has 1 aromatic rings. The van der Waals surface area contributed by atoms with Gasteiger partial charge >= 0.3 is 0 Å². The van der Waals surface area contributed by atoms with Gasteiger partial charge in [0.15, 0.2) is 0 Å². The number of β-amino-alcohol motifs (C(OH)–C–C–N with tert-alkyl or cyclic N) is 2. The molecule has 0 saturated carbocycles. The van der Waals surface area contributed by atoms with Gasteiger partial charge in [0.05, 0.1) is 27.8 Å². The lowest BCUT2D eigenvalue weighted by Crippen LogP contribution is -2.30. The van der Waals surface area contributed by atoms with Crippen molar-refractivity contribution in [2.75, 3.05) is 18.8 Å². The fourth-order valence-corrected chi connectivity index (χ4v) is 2.29. The SMILES string of the molecule is Nc1cc(Cl)c(Cl)c(C(=O)N2C[C@@H](O)[C@@H](O)C2)c1. The zero-order chi connectivity index (χ0) is 13.4. The molecule has 0 aliphatic carbocycles. The Morgan fingerprint density at radius 2 is 1.83 bits per heavy atom. The summed E-state index contributed by atoms with van der Waals surface area (Å²) in [6.45, 7) is 0.117. The van der Waals surface area contributed by atoms with E-state index < -0.39 is 18.1 Å². The molecule has 0 radical (unpaired) electrons. The van der Waals surface area contributed by atoms with Crippen molar-refractivity contribution in [1.29, 1.82) is 0 Å². The van der Waals surface area contributed by atoms with E-state index in [1.165, 1.54) is 17.0 Å². The van der Waals surface area contributed by atoms with Crippen LogP contribution in [0.3, 0.4) is 0 Å². The first-order chi connectivity index (χ1) is 8.40. The van der Waals surface area contributed by atoms with E-state index in [4.69, 9.17) is 28.9 Å². The first-order valence-electron chi connectivity index (χ1n) is 5.30. The van der Waals surface area contributed by atoms with Gasteiger partial charge < -0.3 is 20.8 Å². The quantitative estimate of drug-likeness (QED) is 0.666. The van der Waals surface area contributed by atoms with E-state index in [2.05, 4.69) is 0 Å². The molecule has 0 aromatic heterocycles. The minimum Gasteiger partial charge on any atom is -0.399 e. The summed E-state index contributed by atoms with van der Waals surface area (Å²) in [5.74, 6) is -0.412. The van der Waals surface area contributed by atoms with Gasteiger partial charge in [-0.25, -0.2) is 0 Å². The second-order valence-electron chi connectivity index (χ2n) is 4.21. The normalized spacial score (nSPS) is 23.4. The highest BCUT2D eigenvalue weighted by molar-refractivity contribution is 6.44. The molecule has 18 heavy (non-hydrogen) atoms. The van der Waals surface area contributed by atoms with Crippen LogP contribution in [-0.2, 0) is 0 Å². The zero-order valence-corrected chi connectivity index (χ0v) is 10.8. The number of carbonyl (C=O) groups is 1.